The molecule has 0 aromatic carbocycles. The first-order valence-corrected chi connectivity index (χ1v) is 2.75. The smallest absolute Gasteiger partial charge is 0.307 e. The van der Waals surface area contributed by atoms with E-state index in [4.69, 9.17) is 9.84 Å². The molecule has 52 valence electrons. The monoisotopic (exact) mass is 130 g/mol. The van der Waals surface area contributed by atoms with Crippen LogP contribution < -0.4 is 0 Å². The lowest BCUT2D eigenvalue weighted by molar-refractivity contribution is -0.136. The van der Waals surface area contributed by atoms with Gasteiger partial charge in [0.2, 0.25) is 0 Å². The highest BCUT2D eigenvalue weighted by Gasteiger charge is 1.87. The predicted molar refractivity (Wildman–Crippen MR) is 33.0 cm³/mol. The summed E-state index contributed by atoms with van der Waals surface area (Å²) in [5.41, 5.74) is 0. The van der Waals surface area contributed by atoms with Crippen molar-refractivity contribution in [3.63, 3.8) is 0 Å². The van der Waals surface area contributed by atoms with Crippen molar-refractivity contribution in [3.8, 4) is 0 Å². The molecular weight excluding hydrogens is 120 g/mol. The van der Waals surface area contributed by atoms with E-state index in [1.54, 1.807) is 0 Å². The zero-order chi connectivity index (χ0) is 7.11. The summed E-state index contributed by atoms with van der Waals surface area (Å²) in [5, 5.41) is 8.11. The fraction of sp³-hybridized carbons (Fsp3) is 0.500. The molecule has 0 fully saturated rings. The Kier molecular flexibility index (Phi) is 4.59. The fourth-order valence-corrected chi connectivity index (χ4v) is 0.313. The first kappa shape index (κ1) is 8.01. The topological polar surface area (TPSA) is 46.5 Å². The van der Waals surface area contributed by atoms with Crippen molar-refractivity contribution in [2.24, 2.45) is 0 Å². The van der Waals surface area contributed by atoms with E-state index in [0.717, 1.165) is 0 Å². The van der Waals surface area contributed by atoms with Crippen LogP contribution in [-0.2, 0) is 9.53 Å². The maximum atomic E-state index is 9.86. The molecule has 0 aliphatic heterocycles. The van der Waals surface area contributed by atoms with Gasteiger partial charge in [0.05, 0.1) is 19.3 Å². The summed E-state index contributed by atoms with van der Waals surface area (Å²) < 4.78 is 4.74. The maximum absolute atomic E-state index is 9.86. The molecule has 0 aromatic rings. The van der Waals surface area contributed by atoms with Gasteiger partial charge in [-0.05, 0) is 13.0 Å². The van der Waals surface area contributed by atoms with E-state index >= 15 is 0 Å². The van der Waals surface area contributed by atoms with Crippen LogP contribution in [0.2, 0.25) is 0 Å². The molecule has 0 aliphatic rings. The van der Waals surface area contributed by atoms with Gasteiger partial charge in [-0.3, -0.25) is 4.79 Å². The van der Waals surface area contributed by atoms with E-state index in [0.29, 0.717) is 6.61 Å². The van der Waals surface area contributed by atoms with Crippen molar-refractivity contribution in [1.29, 1.82) is 0 Å². The lowest BCUT2D eigenvalue weighted by atomic mass is 10.4. The number of aliphatic carboxylic acids is 1. The van der Waals surface area contributed by atoms with Crippen LogP contribution in [0.15, 0.2) is 12.3 Å². The van der Waals surface area contributed by atoms with Crippen LogP contribution in [0.1, 0.15) is 13.3 Å². The molecule has 0 amide bonds. The van der Waals surface area contributed by atoms with Crippen LogP contribution in [0, 0.1) is 0 Å². The lowest BCUT2D eigenvalue weighted by Crippen LogP contribution is -1.90. The molecule has 0 rings (SSSR count). The predicted octanol–water partition coefficient (Wildman–Crippen LogP) is 1.01. The van der Waals surface area contributed by atoms with Gasteiger partial charge in [-0.25, -0.2) is 0 Å². The average Bonchev–Trinajstić information content (AvgIpc) is 1.80. The number of hydrogen-bond acceptors (Lipinski definition) is 2. The minimum absolute atomic E-state index is 0.0278. The highest BCUT2D eigenvalue weighted by atomic mass is 16.5. The van der Waals surface area contributed by atoms with Crippen molar-refractivity contribution >= 4 is 5.97 Å². The van der Waals surface area contributed by atoms with Crippen LogP contribution in [0.5, 0.6) is 0 Å². The Balaban J connectivity index is 3.14. The molecule has 0 aliphatic carbocycles. The Morgan fingerprint density at radius 2 is 2.44 bits per heavy atom. The van der Waals surface area contributed by atoms with Crippen LogP contribution in [0.4, 0.5) is 0 Å². The van der Waals surface area contributed by atoms with Gasteiger partial charge in [-0.15, -0.1) is 0 Å². The normalized spacial score (nSPS) is 9.89. The molecule has 0 bridgehead atoms. The summed E-state index contributed by atoms with van der Waals surface area (Å²) in [6.07, 6.45) is 2.89. The molecule has 0 saturated carbocycles. The molecule has 3 nitrogen and oxygen atoms in total. The summed E-state index contributed by atoms with van der Waals surface area (Å²) in [6.45, 7) is 2.42. The fourth-order valence-electron chi connectivity index (χ4n) is 0.313. The van der Waals surface area contributed by atoms with Crippen LogP contribution >= 0.6 is 0 Å². The van der Waals surface area contributed by atoms with E-state index in [9.17, 15) is 4.79 Å². The van der Waals surface area contributed by atoms with Gasteiger partial charge >= 0.3 is 5.97 Å². The Morgan fingerprint density at radius 3 is 2.89 bits per heavy atom. The molecule has 9 heavy (non-hydrogen) atoms. The molecule has 0 radical (unpaired) electrons. The third-order valence-corrected chi connectivity index (χ3v) is 0.652. The zero-order valence-electron chi connectivity index (χ0n) is 5.33. The maximum Gasteiger partial charge on any atom is 0.307 e. The van der Waals surface area contributed by atoms with Crippen molar-refractivity contribution in [1.82, 2.24) is 0 Å². The summed E-state index contributed by atoms with van der Waals surface area (Å²) in [4.78, 5) is 9.86. The van der Waals surface area contributed by atoms with E-state index in [-0.39, 0.29) is 6.42 Å². The second-order valence-electron chi connectivity index (χ2n) is 1.42. The summed E-state index contributed by atoms with van der Waals surface area (Å²) in [5.74, 6) is -0.842. The van der Waals surface area contributed by atoms with Crippen molar-refractivity contribution in [2.45, 2.75) is 13.3 Å². The minimum atomic E-state index is -0.842. The Hall–Kier alpha value is -0.990. The van der Waals surface area contributed by atoms with Crippen LogP contribution in [0.3, 0.4) is 0 Å². The molecular formula is C6H10O3. The van der Waals surface area contributed by atoms with E-state index in [1.165, 1.54) is 12.3 Å². The third-order valence-electron chi connectivity index (χ3n) is 0.652. The largest absolute Gasteiger partial charge is 0.502 e. The Labute approximate surface area is 53.9 Å². The minimum Gasteiger partial charge on any atom is -0.502 e. The molecule has 0 saturated heterocycles. The molecule has 0 aromatic heterocycles. The molecule has 1 N–H and O–H groups in total. The molecule has 0 atom stereocenters. The number of carboxylic acids is 1. The number of carbonyl (C=O) groups is 1. The highest BCUT2D eigenvalue weighted by molar-refractivity contribution is 5.68. The lowest BCUT2D eigenvalue weighted by Gasteiger charge is -1.89. The van der Waals surface area contributed by atoms with Gasteiger partial charge in [0.15, 0.2) is 0 Å². The van der Waals surface area contributed by atoms with Gasteiger partial charge in [0.1, 0.15) is 0 Å². The van der Waals surface area contributed by atoms with Crippen molar-refractivity contribution < 1.29 is 14.6 Å². The third kappa shape index (κ3) is 7.01. The number of ether oxygens (including phenoxy) is 1. The van der Waals surface area contributed by atoms with E-state index in [2.05, 4.69) is 0 Å². The van der Waals surface area contributed by atoms with Crippen LogP contribution in [-0.4, -0.2) is 17.7 Å². The highest BCUT2D eigenvalue weighted by Crippen LogP contribution is 1.82. The van der Waals surface area contributed by atoms with E-state index < -0.39 is 5.97 Å². The van der Waals surface area contributed by atoms with Crippen LogP contribution in [0.25, 0.3) is 0 Å². The van der Waals surface area contributed by atoms with Gasteiger partial charge < -0.3 is 9.84 Å². The van der Waals surface area contributed by atoms with Crippen molar-refractivity contribution in [3.05, 3.63) is 12.3 Å². The van der Waals surface area contributed by atoms with Gasteiger partial charge in [0.25, 0.3) is 0 Å². The SMILES string of the molecule is CCO/C=C/CC(=O)O. The number of hydrogen-bond donors (Lipinski definition) is 1. The standard InChI is InChI=1S/C6H10O3/c1-2-9-5-3-4-6(7)8/h3,5H,2,4H2,1H3,(H,7,8)/b5-3+. The number of rotatable bonds is 4. The number of carboxylic acid groups (broad SMARTS) is 1. The van der Waals surface area contributed by atoms with Gasteiger partial charge in [-0.2, -0.15) is 0 Å². The van der Waals surface area contributed by atoms with Gasteiger partial charge in [-0.1, -0.05) is 0 Å². The second-order valence-corrected chi connectivity index (χ2v) is 1.42. The first-order chi connectivity index (χ1) is 4.27. The first-order valence-electron chi connectivity index (χ1n) is 2.75. The molecule has 0 unspecified atom stereocenters. The van der Waals surface area contributed by atoms with E-state index in [1.807, 2.05) is 6.92 Å². The van der Waals surface area contributed by atoms with Gasteiger partial charge in [0, 0.05) is 0 Å². The quantitative estimate of drug-likeness (QED) is 0.578. The van der Waals surface area contributed by atoms with Crippen molar-refractivity contribution in [2.75, 3.05) is 6.61 Å². The Morgan fingerprint density at radius 1 is 1.78 bits per heavy atom. The second kappa shape index (κ2) is 5.15. The summed E-state index contributed by atoms with van der Waals surface area (Å²) in [6, 6.07) is 0. The molecule has 0 spiro atoms. The zero-order valence-corrected chi connectivity index (χ0v) is 5.33. The molecule has 0 heterocycles. The molecule has 3 heteroatoms. The summed E-state index contributed by atoms with van der Waals surface area (Å²) in [7, 11) is 0. The summed E-state index contributed by atoms with van der Waals surface area (Å²) >= 11 is 0. The Bertz CT molecular complexity index is 107. The average molecular weight is 130 g/mol.